The molecule has 0 aliphatic carbocycles. The van der Waals surface area contributed by atoms with Crippen molar-refractivity contribution in [3.05, 3.63) is 53.3 Å². The van der Waals surface area contributed by atoms with E-state index in [9.17, 15) is 4.79 Å². The van der Waals surface area contributed by atoms with Crippen LogP contribution >= 0.6 is 0 Å². The van der Waals surface area contributed by atoms with Gasteiger partial charge < -0.3 is 15.5 Å². The molecule has 0 spiro atoms. The number of rotatable bonds is 7. The number of aromatic nitrogens is 2. The molecule has 1 amide bonds. The van der Waals surface area contributed by atoms with Gasteiger partial charge in [0.1, 0.15) is 0 Å². The Labute approximate surface area is 166 Å². The monoisotopic (exact) mass is 382 g/mol. The molecule has 1 aromatic carbocycles. The van der Waals surface area contributed by atoms with E-state index in [1.54, 1.807) is 6.20 Å². The Balaban J connectivity index is 1.42. The second-order valence-electron chi connectivity index (χ2n) is 7.01. The minimum absolute atomic E-state index is 0.230. The molecule has 7 heteroatoms. The van der Waals surface area contributed by atoms with E-state index in [1.165, 1.54) is 11.1 Å². The highest BCUT2D eigenvalue weighted by atomic mass is 16.2. The Morgan fingerprint density at radius 3 is 2.79 bits per heavy atom. The van der Waals surface area contributed by atoms with Gasteiger partial charge in [-0.3, -0.25) is 9.48 Å². The summed E-state index contributed by atoms with van der Waals surface area (Å²) in [5.74, 6) is 0.996. The first-order chi connectivity index (χ1) is 13.7. The van der Waals surface area contributed by atoms with Gasteiger partial charge in [0.05, 0.1) is 12.2 Å². The summed E-state index contributed by atoms with van der Waals surface area (Å²) in [6, 6.07) is 10.4. The fraction of sp³-hybridized carbons (Fsp3) is 0.476. The van der Waals surface area contributed by atoms with E-state index in [1.807, 2.05) is 35.7 Å². The quantitative estimate of drug-likeness (QED) is 0.435. The fourth-order valence-electron chi connectivity index (χ4n) is 3.37. The maximum atomic E-state index is 12.5. The summed E-state index contributed by atoms with van der Waals surface area (Å²) in [7, 11) is 1.91. The number of guanidine groups is 1. The highest BCUT2D eigenvalue weighted by Gasteiger charge is 2.19. The third-order valence-corrected chi connectivity index (χ3v) is 5.01. The maximum absolute atomic E-state index is 12.5. The predicted octanol–water partition coefficient (Wildman–Crippen LogP) is 1.84. The van der Waals surface area contributed by atoms with Crippen molar-refractivity contribution in [2.75, 3.05) is 19.6 Å². The van der Waals surface area contributed by atoms with Crippen LogP contribution in [0.4, 0.5) is 0 Å². The topological polar surface area (TPSA) is 74.5 Å². The number of aryl methyl sites for hydroxylation is 1. The number of amides is 1. The molecule has 0 bridgehead atoms. The molecule has 2 heterocycles. The molecule has 1 aromatic heterocycles. The van der Waals surface area contributed by atoms with Crippen LogP contribution < -0.4 is 10.6 Å². The molecule has 1 aliphatic rings. The Kier molecular flexibility index (Phi) is 7.06. The molecular weight excluding hydrogens is 352 g/mol. The van der Waals surface area contributed by atoms with E-state index in [2.05, 4.69) is 38.9 Å². The van der Waals surface area contributed by atoms with E-state index in [0.29, 0.717) is 19.5 Å². The molecule has 150 valence electrons. The van der Waals surface area contributed by atoms with Gasteiger partial charge in [0, 0.05) is 45.8 Å². The zero-order chi connectivity index (χ0) is 19.8. The highest BCUT2D eigenvalue weighted by Crippen LogP contribution is 2.19. The van der Waals surface area contributed by atoms with Crippen LogP contribution in [0.2, 0.25) is 0 Å². The molecule has 0 fully saturated rings. The Bertz CT molecular complexity index is 813. The van der Waals surface area contributed by atoms with Crippen LogP contribution in [0.5, 0.6) is 0 Å². The zero-order valence-electron chi connectivity index (χ0n) is 16.8. The molecule has 2 N–H and O–H groups in total. The highest BCUT2D eigenvalue weighted by molar-refractivity contribution is 5.80. The lowest BCUT2D eigenvalue weighted by Crippen LogP contribution is -2.39. The average molecular weight is 383 g/mol. The van der Waals surface area contributed by atoms with Crippen LogP contribution in [0.3, 0.4) is 0 Å². The standard InChI is InChI=1S/C21H30N6O/c1-3-22-21(24-15-19-10-13-25-26(19)2)23-12-6-9-20(28)27-14-11-17-7-4-5-8-18(17)16-27/h4-5,7-8,10,13H,3,6,9,11-12,14-16H2,1-2H3,(H2,22,23,24). The Morgan fingerprint density at radius 1 is 1.21 bits per heavy atom. The van der Waals surface area contributed by atoms with E-state index in [-0.39, 0.29) is 5.91 Å². The van der Waals surface area contributed by atoms with Crippen molar-refractivity contribution >= 4 is 11.9 Å². The molecule has 0 saturated heterocycles. The maximum Gasteiger partial charge on any atom is 0.222 e. The molecule has 2 aromatic rings. The molecule has 0 atom stereocenters. The van der Waals surface area contributed by atoms with Crippen LogP contribution in [0.25, 0.3) is 0 Å². The summed E-state index contributed by atoms with van der Waals surface area (Å²) in [6.07, 6.45) is 4.06. The van der Waals surface area contributed by atoms with Crippen molar-refractivity contribution in [1.29, 1.82) is 0 Å². The number of carbonyl (C=O) groups excluding carboxylic acids is 1. The lowest BCUT2D eigenvalue weighted by atomic mass is 9.99. The minimum atomic E-state index is 0.230. The molecular formula is C21H30N6O. The van der Waals surface area contributed by atoms with Crippen LogP contribution in [0, 0.1) is 0 Å². The van der Waals surface area contributed by atoms with Crippen LogP contribution in [0.1, 0.15) is 36.6 Å². The van der Waals surface area contributed by atoms with Gasteiger partial charge in [-0.25, -0.2) is 4.99 Å². The van der Waals surface area contributed by atoms with E-state index >= 15 is 0 Å². The number of benzene rings is 1. The molecule has 3 rings (SSSR count). The van der Waals surface area contributed by atoms with E-state index in [4.69, 9.17) is 0 Å². The van der Waals surface area contributed by atoms with Crippen LogP contribution in [0.15, 0.2) is 41.5 Å². The third kappa shape index (κ3) is 5.34. The van der Waals surface area contributed by atoms with E-state index in [0.717, 1.165) is 44.1 Å². The zero-order valence-corrected chi connectivity index (χ0v) is 16.8. The van der Waals surface area contributed by atoms with Crippen molar-refractivity contribution in [2.45, 2.75) is 39.3 Å². The van der Waals surface area contributed by atoms with Crippen molar-refractivity contribution in [3.63, 3.8) is 0 Å². The molecule has 1 aliphatic heterocycles. The Morgan fingerprint density at radius 2 is 2.04 bits per heavy atom. The predicted molar refractivity (Wildman–Crippen MR) is 111 cm³/mol. The van der Waals surface area contributed by atoms with Crippen molar-refractivity contribution in [3.8, 4) is 0 Å². The van der Waals surface area contributed by atoms with Crippen molar-refractivity contribution in [1.82, 2.24) is 25.3 Å². The van der Waals surface area contributed by atoms with Gasteiger partial charge in [-0.1, -0.05) is 24.3 Å². The summed E-state index contributed by atoms with van der Waals surface area (Å²) in [5.41, 5.74) is 3.70. The first-order valence-corrected chi connectivity index (χ1v) is 10.0. The second kappa shape index (κ2) is 9.92. The summed E-state index contributed by atoms with van der Waals surface area (Å²) in [6.45, 7) is 5.67. The first-order valence-electron chi connectivity index (χ1n) is 10.0. The summed E-state index contributed by atoms with van der Waals surface area (Å²) < 4.78 is 1.82. The molecule has 7 nitrogen and oxygen atoms in total. The summed E-state index contributed by atoms with van der Waals surface area (Å²) >= 11 is 0. The Hall–Kier alpha value is -2.83. The van der Waals surface area contributed by atoms with E-state index < -0.39 is 0 Å². The first kappa shape index (κ1) is 19.9. The lowest BCUT2D eigenvalue weighted by Gasteiger charge is -2.29. The number of aliphatic imine (C=N–C) groups is 1. The van der Waals surface area contributed by atoms with Gasteiger partial charge in [-0.15, -0.1) is 0 Å². The van der Waals surface area contributed by atoms with Crippen LogP contribution in [-0.2, 0) is 31.4 Å². The number of fused-ring (bicyclic) bond motifs is 1. The van der Waals surface area contributed by atoms with Gasteiger partial charge in [0.25, 0.3) is 0 Å². The van der Waals surface area contributed by atoms with Crippen molar-refractivity contribution < 1.29 is 4.79 Å². The van der Waals surface area contributed by atoms with Crippen LogP contribution in [-0.4, -0.2) is 46.2 Å². The largest absolute Gasteiger partial charge is 0.357 e. The number of carbonyl (C=O) groups is 1. The third-order valence-electron chi connectivity index (χ3n) is 5.01. The smallest absolute Gasteiger partial charge is 0.222 e. The number of hydrogen-bond acceptors (Lipinski definition) is 3. The van der Waals surface area contributed by atoms with Gasteiger partial charge in [0.15, 0.2) is 5.96 Å². The molecule has 0 radical (unpaired) electrons. The number of nitrogens with one attached hydrogen (secondary N) is 2. The molecule has 0 saturated carbocycles. The minimum Gasteiger partial charge on any atom is -0.357 e. The molecule has 28 heavy (non-hydrogen) atoms. The summed E-state index contributed by atoms with van der Waals surface area (Å²) in [5, 5.41) is 10.7. The van der Waals surface area contributed by atoms with Gasteiger partial charge in [-0.2, -0.15) is 5.10 Å². The van der Waals surface area contributed by atoms with Gasteiger partial charge in [0.2, 0.25) is 5.91 Å². The summed E-state index contributed by atoms with van der Waals surface area (Å²) in [4.78, 5) is 19.1. The lowest BCUT2D eigenvalue weighted by molar-refractivity contribution is -0.132. The second-order valence-corrected chi connectivity index (χ2v) is 7.01. The SMILES string of the molecule is CCNC(=NCc1ccnn1C)NCCCC(=O)N1CCc2ccccc2C1. The van der Waals surface area contributed by atoms with Gasteiger partial charge in [-0.05, 0) is 37.0 Å². The molecule has 0 unspecified atom stereocenters. The number of nitrogens with zero attached hydrogens (tertiary/aromatic N) is 4. The van der Waals surface area contributed by atoms with Gasteiger partial charge >= 0.3 is 0 Å². The average Bonchev–Trinajstić information content (AvgIpc) is 3.13. The normalized spacial score (nSPS) is 13.9. The number of hydrogen-bond donors (Lipinski definition) is 2. The fourth-order valence-corrected chi connectivity index (χ4v) is 3.37. The van der Waals surface area contributed by atoms with Crippen molar-refractivity contribution in [2.24, 2.45) is 12.0 Å².